The van der Waals surface area contributed by atoms with E-state index in [0.717, 1.165) is 30.0 Å². The molecule has 0 aromatic heterocycles. The molecular formula is C37H29NO. The van der Waals surface area contributed by atoms with Crippen LogP contribution in [0, 0.1) is 0 Å². The molecule has 0 spiro atoms. The van der Waals surface area contributed by atoms with E-state index in [0.29, 0.717) is 0 Å². The molecule has 0 radical (unpaired) electrons. The van der Waals surface area contributed by atoms with Gasteiger partial charge in [-0.25, -0.2) is 0 Å². The smallest absolute Gasteiger partial charge is 0.135 e. The molecule has 1 aliphatic heterocycles. The number of hydrogen-bond donors (Lipinski definition) is 0. The largest absolute Gasteiger partial charge is 0.482 e. The van der Waals surface area contributed by atoms with Crippen LogP contribution in [0.1, 0.15) is 36.0 Å². The van der Waals surface area contributed by atoms with Crippen molar-refractivity contribution >= 4 is 44.7 Å². The summed E-state index contributed by atoms with van der Waals surface area (Å²) < 4.78 is 6.48. The Morgan fingerprint density at radius 3 is 2.51 bits per heavy atom. The van der Waals surface area contributed by atoms with Crippen molar-refractivity contribution < 1.29 is 4.74 Å². The van der Waals surface area contributed by atoms with Crippen LogP contribution in [0.5, 0.6) is 5.75 Å². The lowest BCUT2D eigenvalue weighted by Gasteiger charge is -2.30. The van der Waals surface area contributed by atoms with Crippen molar-refractivity contribution in [1.29, 1.82) is 0 Å². The SMILES string of the molecule is CC12C=CC=CC1c1cc(N(c3ccc4ccccc4c3)c3cc4c(c5ccccc35)CCC=C4)ccc1O2. The highest BCUT2D eigenvalue weighted by Gasteiger charge is 2.42. The van der Waals surface area contributed by atoms with Gasteiger partial charge in [0.25, 0.3) is 0 Å². The number of aryl methyl sites for hydroxylation is 1. The van der Waals surface area contributed by atoms with Gasteiger partial charge in [-0.2, -0.15) is 0 Å². The van der Waals surface area contributed by atoms with Crippen LogP contribution in [-0.4, -0.2) is 5.60 Å². The van der Waals surface area contributed by atoms with Gasteiger partial charge in [-0.3, -0.25) is 0 Å². The molecule has 2 heteroatoms. The van der Waals surface area contributed by atoms with Gasteiger partial charge in [0.15, 0.2) is 0 Å². The average molecular weight is 504 g/mol. The van der Waals surface area contributed by atoms with E-state index in [4.69, 9.17) is 4.74 Å². The Morgan fingerprint density at radius 1 is 0.795 bits per heavy atom. The molecule has 0 fully saturated rings. The Labute approximate surface area is 229 Å². The van der Waals surface area contributed by atoms with E-state index in [1.807, 2.05) is 0 Å². The average Bonchev–Trinajstić information content (AvgIpc) is 3.29. The maximum atomic E-state index is 6.48. The van der Waals surface area contributed by atoms with Crippen molar-refractivity contribution in [2.45, 2.75) is 31.3 Å². The molecule has 0 N–H and O–H groups in total. The quantitative estimate of drug-likeness (QED) is 0.243. The first kappa shape index (κ1) is 22.4. The normalized spacial score (nSPS) is 20.5. The molecular weight excluding hydrogens is 474 g/mol. The van der Waals surface area contributed by atoms with Gasteiger partial charge in [0.2, 0.25) is 0 Å². The van der Waals surface area contributed by atoms with E-state index in [1.54, 1.807) is 0 Å². The molecule has 5 aromatic rings. The predicted octanol–water partition coefficient (Wildman–Crippen LogP) is 9.78. The van der Waals surface area contributed by atoms with Crippen molar-refractivity contribution in [2.24, 2.45) is 0 Å². The van der Waals surface area contributed by atoms with Crippen LogP contribution >= 0.6 is 0 Å². The molecule has 0 amide bonds. The third-order valence-electron chi connectivity index (χ3n) is 8.64. The van der Waals surface area contributed by atoms with Crippen LogP contribution in [-0.2, 0) is 6.42 Å². The number of fused-ring (bicyclic) bond motifs is 7. The Morgan fingerprint density at radius 2 is 1.59 bits per heavy atom. The molecule has 3 aliphatic rings. The van der Waals surface area contributed by atoms with E-state index in [9.17, 15) is 0 Å². The zero-order valence-corrected chi connectivity index (χ0v) is 22.0. The van der Waals surface area contributed by atoms with E-state index in [-0.39, 0.29) is 11.5 Å². The van der Waals surface area contributed by atoms with Crippen LogP contribution in [0.3, 0.4) is 0 Å². The van der Waals surface area contributed by atoms with Crippen LogP contribution in [0.25, 0.3) is 27.6 Å². The number of ether oxygens (including phenoxy) is 1. The number of allylic oxidation sites excluding steroid dienone is 3. The predicted molar refractivity (Wildman–Crippen MR) is 164 cm³/mol. The molecule has 188 valence electrons. The van der Waals surface area contributed by atoms with Gasteiger partial charge in [-0.1, -0.05) is 85.0 Å². The lowest BCUT2D eigenvalue weighted by Crippen LogP contribution is -2.32. The van der Waals surface area contributed by atoms with Gasteiger partial charge in [0.05, 0.1) is 5.69 Å². The van der Waals surface area contributed by atoms with E-state index in [1.165, 1.54) is 43.9 Å². The van der Waals surface area contributed by atoms with Crippen molar-refractivity contribution in [3.8, 4) is 5.75 Å². The number of nitrogens with zero attached hydrogens (tertiary/aromatic N) is 1. The van der Waals surface area contributed by atoms with E-state index < -0.39 is 0 Å². The standard InChI is InChI=1S/C37H29NO/c1-37-21-9-8-16-34(37)33-24-29(19-20-36(33)39-37)38(28-18-17-25-10-2-3-11-26(25)22-28)35-23-27-12-4-5-13-30(27)31-14-6-7-15-32(31)35/h2-4,6-12,14-24,34H,5,13H2,1H3. The van der Waals surface area contributed by atoms with Gasteiger partial charge in [0.1, 0.15) is 11.4 Å². The van der Waals surface area contributed by atoms with Gasteiger partial charge in [-0.05, 0) is 89.5 Å². The highest BCUT2D eigenvalue weighted by Crippen LogP contribution is 2.51. The van der Waals surface area contributed by atoms with Gasteiger partial charge >= 0.3 is 0 Å². The first-order valence-corrected chi connectivity index (χ1v) is 13.9. The topological polar surface area (TPSA) is 12.5 Å². The second kappa shape index (κ2) is 8.47. The lowest BCUT2D eigenvalue weighted by molar-refractivity contribution is 0.155. The summed E-state index contributed by atoms with van der Waals surface area (Å²) in [5.41, 5.74) is 7.16. The molecule has 0 saturated carbocycles. The minimum atomic E-state index is -0.340. The van der Waals surface area contributed by atoms with Crippen LogP contribution in [0.15, 0.2) is 121 Å². The van der Waals surface area contributed by atoms with Gasteiger partial charge < -0.3 is 9.64 Å². The molecule has 8 rings (SSSR count). The number of hydrogen-bond acceptors (Lipinski definition) is 2. The fraction of sp³-hybridized carbons (Fsp3) is 0.135. The van der Waals surface area contributed by atoms with Crippen molar-refractivity contribution in [3.05, 3.63) is 138 Å². The van der Waals surface area contributed by atoms with Gasteiger partial charge in [0, 0.05) is 28.2 Å². The summed E-state index contributed by atoms with van der Waals surface area (Å²) in [6, 6.07) is 33.4. The van der Waals surface area contributed by atoms with Crippen LogP contribution < -0.4 is 9.64 Å². The molecule has 2 unspecified atom stereocenters. The molecule has 2 aliphatic carbocycles. The number of rotatable bonds is 3. The first-order valence-electron chi connectivity index (χ1n) is 13.9. The van der Waals surface area contributed by atoms with Crippen LogP contribution in [0.4, 0.5) is 17.1 Å². The fourth-order valence-electron chi connectivity index (χ4n) is 6.71. The van der Waals surface area contributed by atoms with E-state index >= 15 is 0 Å². The maximum absolute atomic E-state index is 6.48. The zero-order chi connectivity index (χ0) is 26.0. The Kier molecular flexibility index (Phi) is 4.87. The maximum Gasteiger partial charge on any atom is 0.135 e. The first-order chi connectivity index (χ1) is 19.2. The van der Waals surface area contributed by atoms with Crippen molar-refractivity contribution in [1.82, 2.24) is 0 Å². The summed E-state index contributed by atoms with van der Waals surface area (Å²) in [5.74, 6) is 1.17. The highest BCUT2D eigenvalue weighted by atomic mass is 16.5. The van der Waals surface area contributed by atoms with Crippen LogP contribution in [0.2, 0.25) is 0 Å². The summed E-state index contributed by atoms with van der Waals surface area (Å²) in [7, 11) is 0. The van der Waals surface area contributed by atoms with Crippen molar-refractivity contribution in [3.63, 3.8) is 0 Å². The Hall–Kier alpha value is -4.56. The summed E-state index contributed by atoms with van der Waals surface area (Å²) >= 11 is 0. The van der Waals surface area contributed by atoms with Crippen molar-refractivity contribution in [2.75, 3.05) is 4.90 Å². The number of anilines is 3. The third kappa shape index (κ3) is 3.48. The fourth-order valence-corrected chi connectivity index (χ4v) is 6.71. The molecule has 2 atom stereocenters. The highest BCUT2D eigenvalue weighted by molar-refractivity contribution is 6.03. The molecule has 2 nitrogen and oxygen atoms in total. The molecule has 0 saturated heterocycles. The minimum Gasteiger partial charge on any atom is -0.482 e. The van der Waals surface area contributed by atoms with E-state index in [2.05, 4.69) is 139 Å². The summed E-state index contributed by atoms with van der Waals surface area (Å²) in [6.07, 6.45) is 15.5. The Balaban J connectivity index is 1.39. The Bertz CT molecular complexity index is 1880. The minimum absolute atomic E-state index is 0.194. The second-order valence-corrected chi connectivity index (χ2v) is 11.0. The van der Waals surface area contributed by atoms with Gasteiger partial charge in [-0.15, -0.1) is 0 Å². The molecule has 0 bridgehead atoms. The summed E-state index contributed by atoms with van der Waals surface area (Å²) in [5, 5.41) is 5.11. The molecule has 1 heterocycles. The summed E-state index contributed by atoms with van der Waals surface area (Å²) in [6.45, 7) is 2.18. The monoisotopic (exact) mass is 503 g/mol. The second-order valence-electron chi connectivity index (χ2n) is 11.0. The zero-order valence-electron chi connectivity index (χ0n) is 22.0. The third-order valence-corrected chi connectivity index (χ3v) is 8.64. The lowest BCUT2D eigenvalue weighted by atomic mass is 9.82. The number of benzene rings is 5. The summed E-state index contributed by atoms with van der Waals surface area (Å²) in [4.78, 5) is 2.44. The molecule has 5 aromatic carbocycles. The molecule has 39 heavy (non-hydrogen) atoms.